The maximum Gasteiger partial charge on any atom is 0.254 e. The molecule has 2 aliphatic heterocycles. The smallest absolute Gasteiger partial charge is 0.254 e. The first-order chi connectivity index (χ1) is 9.16. The third kappa shape index (κ3) is 2.23. The van der Waals surface area contributed by atoms with Crippen LogP contribution in [0.3, 0.4) is 0 Å². The van der Waals surface area contributed by atoms with Crippen molar-refractivity contribution in [2.24, 2.45) is 5.92 Å². The molecular weight excluding hydrogens is 250 g/mol. The average molecular weight is 266 g/mol. The minimum atomic E-state index is -0.969. The largest absolute Gasteiger partial charge is 0.334 e. The number of fused-ring (bicyclic) bond motifs is 1. The second kappa shape index (κ2) is 4.89. The fraction of sp³-hybridized carbons (Fsp3) is 0.500. The molecule has 2 aliphatic rings. The van der Waals surface area contributed by atoms with E-state index in [9.17, 15) is 13.6 Å². The zero-order valence-electron chi connectivity index (χ0n) is 10.5. The van der Waals surface area contributed by atoms with E-state index in [-0.39, 0.29) is 17.5 Å². The quantitative estimate of drug-likeness (QED) is 0.840. The molecule has 0 saturated carbocycles. The van der Waals surface area contributed by atoms with Gasteiger partial charge in [-0.25, -0.2) is 8.78 Å². The molecule has 2 fully saturated rings. The van der Waals surface area contributed by atoms with E-state index in [0.29, 0.717) is 12.5 Å². The van der Waals surface area contributed by atoms with Crippen molar-refractivity contribution in [2.75, 3.05) is 19.6 Å². The fourth-order valence-electron chi connectivity index (χ4n) is 3.12. The van der Waals surface area contributed by atoms with Crippen LogP contribution in [0.5, 0.6) is 0 Å². The number of carbonyl (C=O) groups excluding carboxylic acids is 1. The van der Waals surface area contributed by atoms with Crippen LogP contribution in [0.1, 0.15) is 23.2 Å². The van der Waals surface area contributed by atoms with E-state index in [1.807, 2.05) is 0 Å². The number of carbonyl (C=O) groups is 1. The lowest BCUT2D eigenvalue weighted by Gasteiger charge is -2.37. The lowest BCUT2D eigenvalue weighted by molar-refractivity contribution is 0.0574. The molecule has 1 aromatic rings. The van der Waals surface area contributed by atoms with Crippen LogP contribution in [0.15, 0.2) is 18.2 Å². The van der Waals surface area contributed by atoms with Gasteiger partial charge in [0.05, 0.1) is 0 Å². The van der Waals surface area contributed by atoms with Gasteiger partial charge in [0.1, 0.15) is 0 Å². The molecule has 19 heavy (non-hydrogen) atoms. The van der Waals surface area contributed by atoms with Crippen LogP contribution in [0.25, 0.3) is 0 Å². The Balaban J connectivity index is 1.84. The van der Waals surface area contributed by atoms with Crippen LogP contribution in [0, 0.1) is 17.6 Å². The summed E-state index contributed by atoms with van der Waals surface area (Å²) in [5.74, 6) is -1.60. The van der Waals surface area contributed by atoms with Gasteiger partial charge < -0.3 is 10.2 Å². The first-order valence-electron chi connectivity index (χ1n) is 6.63. The molecule has 2 heterocycles. The Kier molecular flexibility index (Phi) is 3.22. The van der Waals surface area contributed by atoms with Crippen LogP contribution in [0.2, 0.25) is 0 Å². The number of hydrogen-bond acceptors (Lipinski definition) is 2. The highest BCUT2D eigenvalue weighted by atomic mass is 19.2. The van der Waals surface area contributed by atoms with Gasteiger partial charge in [0.25, 0.3) is 5.91 Å². The van der Waals surface area contributed by atoms with E-state index in [1.54, 1.807) is 4.90 Å². The summed E-state index contributed by atoms with van der Waals surface area (Å²) in [6, 6.07) is 3.54. The van der Waals surface area contributed by atoms with E-state index >= 15 is 0 Å². The lowest BCUT2D eigenvalue weighted by Crippen LogP contribution is -2.48. The summed E-state index contributed by atoms with van der Waals surface area (Å²) in [4.78, 5) is 14.2. The van der Waals surface area contributed by atoms with Crippen LogP contribution in [-0.2, 0) is 0 Å². The van der Waals surface area contributed by atoms with Gasteiger partial charge in [0, 0.05) is 31.2 Å². The average Bonchev–Trinajstić information content (AvgIpc) is 2.89. The standard InChI is InChI=1S/C14H16F2N2O/c15-11-4-3-9(6-12(11)16)14(19)18-5-1-2-10-7-17-8-13(10)18/h3-4,6,10,13,17H,1-2,5,7-8H2. The van der Waals surface area contributed by atoms with Crippen molar-refractivity contribution in [3.8, 4) is 0 Å². The van der Waals surface area contributed by atoms with Gasteiger partial charge in [0.15, 0.2) is 11.6 Å². The second-order valence-electron chi connectivity index (χ2n) is 5.26. The van der Waals surface area contributed by atoms with Gasteiger partial charge in [-0.3, -0.25) is 4.79 Å². The maximum absolute atomic E-state index is 13.2. The Hall–Kier alpha value is -1.49. The number of nitrogens with zero attached hydrogens (tertiary/aromatic N) is 1. The Morgan fingerprint density at radius 3 is 2.89 bits per heavy atom. The summed E-state index contributed by atoms with van der Waals surface area (Å²) >= 11 is 0. The van der Waals surface area contributed by atoms with E-state index in [4.69, 9.17) is 0 Å². The summed E-state index contributed by atoms with van der Waals surface area (Å²) in [5.41, 5.74) is 0.228. The number of rotatable bonds is 1. The summed E-state index contributed by atoms with van der Waals surface area (Å²) in [6.45, 7) is 2.42. The minimum absolute atomic E-state index is 0.189. The minimum Gasteiger partial charge on any atom is -0.334 e. The van der Waals surface area contributed by atoms with E-state index in [1.165, 1.54) is 6.07 Å². The Morgan fingerprint density at radius 1 is 1.26 bits per heavy atom. The molecule has 102 valence electrons. The van der Waals surface area contributed by atoms with Gasteiger partial charge in [0.2, 0.25) is 0 Å². The molecular formula is C14H16F2N2O. The second-order valence-corrected chi connectivity index (χ2v) is 5.26. The summed E-state index contributed by atoms with van der Waals surface area (Å²) < 4.78 is 26.1. The molecule has 0 radical (unpaired) electrons. The lowest BCUT2D eigenvalue weighted by atomic mass is 9.91. The Labute approximate surface area is 110 Å². The Bertz CT molecular complexity index is 506. The van der Waals surface area contributed by atoms with Crippen molar-refractivity contribution >= 4 is 5.91 Å². The maximum atomic E-state index is 13.2. The molecule has 3 nitrogen and oxygen atoms in total. The van der Waals surface area contributed by atoms with Crippen molar-refractivity contribution in [1.82, 2.24) is 10.2 Å². The van der Waals surface area contributed by atoms with Gasteiger partial charge >= 0.3 is 0 Å². The van der Waals surface area contributed by atoms with Crippen LogP contribution < -0.4 is 5.32 Å². The van der Waals surface area contributed by atoms with Crippen LogP contribution >= 0.6 is 0 Å². The highest BCUT2D eigenvalue weighted by molar-refractivity contribution is 5.94. The molecule has 2 atom stereocenters. The third-order valence-corrected chi connectivity index (χ3v) is 4.11. The highest BCUT2D eigenvalue weighted by Gasteiger charge is 2.37. The van der Waals surface area contributed by atoms with Crippen molar-refractivity contribution in [1.29, 1.82) is 0 Å². The molecule has 5 heteroatoms. The zero-order valence-corrected chi connectivity index (χ0v) is 10.5. The van der Waals surface area contributed by atoms with Gasteiger partial charge in [-0.15, -0.1) is 0 Å². The van der Waals surface area contributed by atoms with Crippen molar-refractivity contribution in [3.05, 3.63) is 35.4 Å². The monoisotopic (exact) mass is 266 g/mol. The van der Waals surface area contributed by atoms with Crippen molar-refractivity contribution in [3.63, 3.8) is 0 Å². The zero-order chi connectivity index (χ0) is 13.4. The normalized spacial score (nSPS) is 26.3. The van der Waals surface area contributed by atoms with Gasteiger partial charge in [-0.05, 0) is 37.0 Å². The number of hydrogen-bond donors (Lipinski definition) is 1. The number of amides is 1. The highest BCUT2D eigenvalue weighted by Crippen LogP contribution is 2.27. The van der Waals surface area contributed by atoms with E-state index in [2.05, 4.69) is 5.32 Å². The number of benzene rings is 1. The summed E-state index contributed by atoms with van der Waals surface area (Å²) in [5, 5.41) is 3.29. The number of halogens is 2. The van der Waals surface area contributed by atoms with Gasteiger partial charge in [-0.1, -0.05) is 0 Å². The molecule has 0 aliphatic carbocycles. The summed E-state index contributed by atoms with van der Waals surface area (Å²) in [7, 11) is 0. The molecule has 2 unspecified atom stereocenters. The molecule has 1 N–H and O–H groups in total. The van der Waals surface area contributed by atoms with Crippen molar-refractivity contribution < 1.29 is 13.6 Å². The number of nitrogens with one attached hydrogen (secondary N) is 1. The fourth-order valence-corrected chi connectivity index (χ4v) is 3.12. The molecule has 1 aromatic carbocycles. The molecule has 3 rings (SSSR count). The molecule has 2 saturated heterocycles. The van der Waals surface area contributed by atoms with E-state index < -0.39 is 11.6 Å². The predicted octanol–water partition coefficient (Wildman–Crippen LogP) is 1.79. The Morgan fingerprint density at radius 2 is 2.11 bits per heavy atom. The number of likely N-dealkylation sites (tertiary alicyclic amines) is 1. The molecule has 0 aromatic heterocycles. The van der Waals surface area contributed by atoms with Crippen LogP contribution in [0.4, 0.5) is 8.78 Å². The van der Waals surface area contributed by atoms with Crippen molar-refractivity contribution in [2.45, 2.75) is 18.9 Å². The SMILES string of the molecule is O=C(c1ccc(F)c(F)c1)N1CCCC2CNCC21. The first-order valence-corrected chi connectivity index (χ1v) is 6.63. The first kappa shape index (κ1) is 12.5. The molecule has 0 bridgehead atoms. The summed E-state index contributed by atoms with van der Waals surface area (Å²) in [6.07, 6.45) is 2.09. The molecule has 1 amide bonds. The predicted molar refractivity (Wildman–Crippen MR) is 66.8 cm³/mol. The van der Waals surface area contributed by atoms with Gasteiger partial charge in [-0.2, -0.15) is 0 Å². The number of piperidine rings is 1. The van der Waals surface area contributed by atoms with E-state index in [0.717, 1.165) is 38.1 Å². The topological polar surface area (TPSA) is 32.3 Å². The third-order valence-electron chi connectivity index (χ3n) is 4.11. The van der Waals surface area contributed by atoms with Crippen LogP contribution in [-0.4, -0.2) is 36.5 Å². The molecule has 0 spiro atoms.